The number of H-pyrrole nitrogens is 1. The summed E-state index contributed by atoms with van der Waals surface area (Å²) in [5.41, 5.74) is 2.21. The Balaban J connectivity index is 1.67. The number of nitrogens with zero attached hydrogens (tertiary/aromatic N) is 3. The second kappa shape index (κ2) is 7.98. The highest BCUT2D eigenvalue weighted by atomic mass is 32.2. The van der Waals surface area contributed by atoms with Gasteiger partial charge in [-0.15, -0.1) is 0 Å². The Labute approximate surface area is 175 Å². The van der Waals surface area contributed by atoms with Gasteiger partial charge in [0, 0.05) is 19.6 Å². The molecule has 4 rings (SSSR count). The molecule has 0 radical (unpaired) electrons. The number of rotatable bonds is 6. The van der Waals surface area contributed by atoms with E-state index in [1.165, 1.54) is 16.6 Å². The van der Waals surface area contributed by atoms with E-state index in [2.05, 4.69) is 10.2 Å². The smallest absolute Gasteiger partial charge is 0.297 e. The third-order valence-corrected chi connectivity index (χ3v) is 7.07. The van der Waals surface area contributed by atoms with E-state index in [0.717, 1.165) is 18.4 Å². The molecule has 1 saturated heterocycles. The van der Waals surface area contributed by atoms with Crippen LogP contribution in [0.1, 0.15) is 35.7 Å². The maximum Gasteiger partial charge on any atom is 0.297 e. The molecule has 0 atom stereocenters. The molecule has 1 aliphatic rings. The van der Waals surface area contributed by atoms with Crippen molar-refractivity contribution in [3.63, 3.8) is 0 Å². The summed E-state index contributed by atoms with van der Waals surface area (Å²) in [5, 5.41) is 6.57. The summed E-state index contributed by atoms with van der Waals surface area (Å²) < 4.78 is 33.5. The molecule has 1 aromatic carbocycles. The molecular weight excluding hydrogens is 404 g/mol. The van der Waals surface area contributed by atoms with Gasteiger partial charge in [-0.2, -0.15) is 13.5 Å². The molecule has 9 heteroatoms. The van der Waals surface area contributed by atoms with Crippen LogP contribution in [0.3, 0.4) is 0 Å². The van der Waals surface area contributed by atoms with Crippen molar-refractivity contribution in [1.29, 1.82) is 0 Å². The number of aromatic amines is 1. The van der Waals surface area contributed by atoms with Gasteiger partial charge in [-0.25, -0.2) is 0 Å². The third kappa shape index (κ3) is 3.49. The number of benzene rings is 1. The minimum atomic E-state index is -3.91. The van der Waals surface area contributed by atoms with Gasteiger partial charge in [0.15, 0.2) is 5.76 Å². The Hall–Kier alpha value is -3.07. The molecule has 1 N–H and O–H groups in total. The van der Waals surface area contributed by atoms with Gasteiger partial charge in [0.25, 0.3) is 15.9 Å². The van der Waals surface area contributed by atoms with Crippen LogP contribution in [-0.2, 0) is 10.0 Å². The van der Waals surface area contributed by atoms with E-state index in [4.69, 9.17) is 4.42 Å². The highest BCUT2D eigenvalue weighted by molar-refractivity contribution is 7.92. The first-order valence-electron chi connectivity index (χ1n) is 9.94. The van der Waals surface area contributed by atoms with Crippen molar-refractivity contribution in [2.24, 2.45) is 0 Å². The van der Waals surface area contributed by atoms with E-state index in [-0.39, 0.29) is 23.3 Å². The van der Waals surface area contributed by atoms with Crippen molar-refractivity contribution in [1.82, 2.24) is 15.1 Å². The number of hydrogen-bond donors (Lipinski definition) is 1. The van der Waals surface area contributed by atoms with Crippen LogP contribution in [-0.4, -0.2) is 49.1 Å². The number of aromatic nitrogens is 2. The number of carbonyl (C=O) groups is 1. The number of anilines is 1. The van der Waals surface area contributed by atoms with E-state index in [1.807, 2.05) is 19.1 Å². The molecule has 0 bridgehead atoms. The van der Waals surface area contributed by atoms with Crippen LogP contribution in [0.5, 0.6) is 0 Å². The van der Waals surface area contributed by atoms with Crippen LogP contribution in [0.15, 0.2) is 52.1 Å². The summed E-state index contributed by atoms with van der Waals surface area (Å²) in [4.78, 5) is 14.6. The van der Waals surface area contributed by atoms with Crippen molar-refractivity contribution in [2.45, 2.75) is 31.8 Å². The molecule has 2 aromatic heterocycles. The molecular formula is C21H24N4O4S. The van der Waals surface area contributed by atoms with Crippen LogP contribution < -0.4 is 4.31 Å². The highest BCUT2D eigenvalue weighted by Gasteiger charge is 2.30. The minimum Gasteiger partial charge on any atom is -0.441 e. The maximum absolute atomic E-state index is 13.3. The molecule has 1 aliphatic heterocycles. The van der Waals surface area contributed by atoms with Gasteiger partial charge in [-0.1, -0.05) is 18.2 Å². The fourth-order valence-electron chi connectivity index (χ4n) is 3.74. The lowest BCUT2D eigenvalue weighted by Gasteiger charge is -2.23. The number of sulfonamides is 1. The summed E-state index contributed by atoms with van der Waals surface area (Å²) >= 11 is 0. The summed E-state index contributed by atoms with van der Waals surface area (Å²) in [6.45, 7) is 5.32. The topological polar surface area (TPSA) is 99.5 Å². The average molecular weight is 429 g/mol. The zero-order chi connectivity index (χ0) is 21.3. The summed E-state index contributed by atoms with van der Waals surface area (Å²) in [7, 11) is -3.91. The quantitative estimate of drug-likeness (QED) is 0.648. The van der Waals surface area contributed by atoms with Crippen LogP contribution in [0.4, 0.5) is 5.69 Å². The zero-order valence-corrected chi connectivity index (χ0v) is 17.8. The van der Waals surface area contributed by atoms with E-state index >= 15 is 0 Å². The molecule has 0 saturated carbocycles. The van der Waals surface area contributed by atoms with Crippen molar-refractivity contribution in [2.75, 3.05) is 23.9 Å². The van der Waals surface area contributed by atoms with Gasteiger partial charge in [0.2, 0.25) is 5.09 Å². The highest BCUT2D eigenvalue weighted by Crippen LogP contribution is 2.31. The fraction of sp³-hybridized carbons (Fsp3) is 0.333. The predicted molar refractivity (Wildman–Crippen MR) is 113 cm³/mol. The number of para-hydroxylation sites is 1. The second-order valence-corrected chi connectivity index (χ2v) is 9.03. The minimum absolute atomic E-state index is 0.132. The van der Waals surface area contributed by atoms with Gasteiger partial charge >= 0.3 is 0 Å². The lowest BCUT2D eigenvalue weighted by atomic mass is 10.2. The van der Waals surface area contributed by atoms with Gasteiger partial charge in [0.05, 0.1) is 17.4 Å². The van der Waals surface area contributed by atoms with Crippen molar-refractivity contribution >= 4 is 21.6 Å². The van der Waals surface area contributed by atoms with Crippen molar-refractivity contribution in [3.05, 3.63) is 53.7 Å². The van der Waals surface area contributed by atoms with Gasteiger partial charge < -0.3 is 9.32 Å². The number of aryl methyl sites for hydroxylation is 1. The number of amides is 1. The van der Waals surface area contributed by atoms with E-state index in [9.17, 15) is 13.2 Å². The largest absolute Gasteiger partial charge is 0.441 e. The second-order valence-electron chi connectivity index (χ2n) is 7.23. The zero-order valence-electron chi connectivity index (χ0n) is 17.0. The molecule has 0 aliphatic carbocycles. The van der Waals surface area contributed by atoms with Crippen LogP contribution in [0.2, 0.25) is 0 Å². The summed E-state index contributed by atoms with van der Waals surface area (Å²) in [5.74, 6) is 0.126. The van der Waals surface area contributed by atoms with Crippen LogP contribution >= 0.6 is 0 Å². The lowest BCUT2D eigenvalue weighted by molar-refractivity contribution is 0.0793. The Bertz CT molecular complexity index is 1160. The average Bonchev–Trinajstić information content (AvgIpc) is 3.49. The first-order valence-corrected chi connectivity index (χ1v) is 11.4. The molecule has 3 aromatic rings. The standard InChI is InChI=1S/C21H24N4O4S/c1-3-25(17-9-5-4-8-15(17)2)30(27,28)19-11-10-18(29-19)20-16(14-22-23-20)21(26)24-12-6-7-13-24/h4-5,8-11,14H,3,6-7,12-13H2,1-2H3,(H,22,23). The van der Waals surface area contributed by atoms with Crippen LogP contribution in [0.25, 0.3) is 11.5 Å². The van der Waals surface area contributed by atoms with E-state index in [0.29, 0.717) is 30.0 Å². The van der Waals surface area contributed by atoms with Gasteiger partial charge in [-0.3, -0.25) is 14.2 Å². The predicted octanol–water partition coefficient (Wildman–Crippen LogP) is 3.43. The normalized spacial score (nSPS) is 14.3. The third-order valence-electron chi connectivity index (χ3n) is 5.31. The maximum atomic E-state index is 13.3. The molecule has 3 heterocycles. The summed E-state index contributed by atoms with van der Waals surface area (Å²) in [6, 6.07) is 10.3. The number of furan rings is 1. The molecule has 0 unspecified atom stereocenters. The Kier molecular flexibility index (Phi) is 5.38. The van der Waals surface area contributed by atoms with Gasteiger partial charge in [0.1, 0.15) is 5.69 Å². The first-order chi connectivity index (χ1) is 14.4. The van der Waals surface area contributed by atoms with Crippen molar-refractivity contribution in [3.8, 4) is 11.5 Å². The Morgan fingerprint density at radius 3 is 2.63 bits per heavy atom. The molecule has 8 nitrogen and oxygen atoms in total. The van der Waals surface area contributed by atoms with E-state index < -0.39 is 10.0 Å². The Morgan fingerprint density at radius 1 is 1.20 bits per heavy atom. The number of likely N-dealkylation sites (tertiary alicyclic amines) is 1. The number of carbonyl (C=O) groups excluding carboxylic acids is 1. The molecule has 30 heavy (non-hydrogen) atoms. The molecule has 158 valence electrons. The summed E-state index contributed by atoms with van der Waals surface area (Å²) in [6.07, 6.45) is 3.42. The van der Waals surface area contributed by atoms with E-state index in [1.54, 1.807) is 30.0 Å². The monoisotopic (exact) mass is 428 g/mol. The molecule has 1 amide bonds. The fourth-order valence-corrected chi connectivity index (χ4v) is 5.20. The van der Waals surface area contributed by atoms with Gasteiger partial charge in [-0.05, 0) is 50.5 Å². The number of nitrogens with one attached hydrogen (secondary N) is 1. The lowest BCUT2D eigenvalue weighted by Crippen LogP contribution is -2.31. The number of hydrogen-bond acceptors (Lipinski definition) is 5. The first kappa shape index (κ1) is 20.2. The molecule has 1 fully saturated rings. The SMILES string of the molecule is CCN(c1ccccc1C)S(=O)(=O)c1ccc(-c2[nH]ncc2C(=O)N2CCCC2)o1. The van der Waals surface area contributed by atoms with Crippen molar-refractivity contribution < 1.29 is 17.6 Å². The molecule has 0 spiro atoms. The van der Waals surface area contributed by atoms with Crippen LogP contribution in [0, 0.1) is 6.92 Å². The Morgan fingerprint density at radius 2 is 1.93 bits per heavy atom.